The highest BCUT2D eigenvalue weighted by molar-refractivity contribution is 7.91. The summed E-state index contributed by atoms with van der Waals surface area (Å²) in [5.41, 5.74) is 0. The van der Waals surface area contributed by atoms with E-state index in [2.05, 4.69) is 4.98 Å². The van der Waals surface area contributed by atoms with Crippen LogP contribution in [-0.2, 0) is 9.84 Å². The Balaban J connectivity index is 0.000000437. The highest BCUT2D eigenvalue weighted by atomic mass is 32.2. The van der Waals surface area contributed by atoms with Crippen LogP contribution in [0.1, 0.15) is 13.3 Å². The molecule has 1 rings (SSSR count). The van der Waals surface area contributed by atoms with Gasteiger partial charge in [-0.25, -0.2) is 13.4 Å². The van der Waals surface area contributed by atoms with Crippen molar-refractivity contribution in [3.8, 4) is 0 Å². The number of pyridine rings is 1. The number of hydrogen-bond donors (Lipinski definition) is 0. The third-order valence-corrected chi connectivity index (χ3v) is 3.25. The number of nitrogens with zero attached hydrogens (tertiary/aromatic N) is 1. The highest BCUT2D eigenvalue weighted by Gasteiger charge is 2.20. The van der Waals surface area contributed by atoms with E-state index in [4.69, 9.17) is 0 Å². The summed E-state index contributed by atoms with van der Waals surface area (Å²) in [4.78, 5) is 3.78. The first-order valence-electron chi connectivity index (χ1n) is 4.68. The van der Waals surface area contributed by atoms with Crippen LogP contribution in [0.4, 0.5) is 17.3 Å². The van der Waals surface area contributed by atoms with Crippen molar-refractivity contribution in [2.75, 3.05) is 5.75 Å². The second-order valence-electron chi connectivity index (χ2n) is 2.98. The number of hydrogen-bond acceptors (Lipinski definition) is 3. The van der Waals surface area contributed by atoms with Crippen LogP contribution < -0.4 is 0 Å². The molecule has 0 radical (unpaired) electrons. The van der Waals surface area contributed by atoms with Gasteiger partial charge in [0.05, 0.1) is 5.75 Å². The average Bonchev–Trinajstić information content (AvgIpc) is 2.16. The van der Waals surface area contributed by atoms with E-state index in [1.54, 1.807) is 12.1 Å². The molecule has 98 valence electrons. The molecular formula is C8H11BF4NO2S-. The average molecular weight is 272 g/mol. The van der Waals surface area contributed by atoms with Crippen molar-refractivity contribution in [2.24, 2.45) is 0 Å². The second kappa shape index (κ2) is 6.58. The largest absolute Gasteiger partial charge is 0.673 e. The fraction of sp³-hybridized carbons (Fsp3) is 0.375. The van der Waals surface area contributed by atoms with Crippen LogP contribution in [0.25, 0.3) is 0 Å². The maximum absolute atomic E-state index is 11.4. The molecule has 0 aliphatic heterocycles. The van der Waals surface area contributed by atoms with Gasteiger partial charge in [0.25, 0.3) is 0 Å². The molecule has 0 N–H and O–H groups in total. The van der Waals surface area contributed by atoms with E-state index >= 15 is 0 Å². The lowest BCUT2D eigenvalue weighted by molar-refractivity contribution is 0.368. The molecule has 0 bridgehead atoms. The van der Waals surface area contributed by atoms with Gasteiger partial charge in [-0.15, -0.1) is 0 Å². The molecule has 3 nitrogen and oxygen atoms in total. The fourth-order valence-electron chi connectivity index (χ4n) is 0.904. The predicted octanol–water partition coefficient (Wildman–Crippen LogP) is 2.57. The zero-order valence-electron chi connectivity index (χ0n) is 8.98. The van der Waals surface area contributed by atoms with Crippen LogP contribution in [0.3, 0.4) is 0 Å². The summed E-state index contributed by atoms with van der Waals surface area (Å²) in [5.74, 6) is 0.171. The molecule has 0 unspecified atom stereocenters. The van der Waals surface area contributed by atoms with E-state index in [9.17, 15) is 25.7 Å². The van der Waals surface area contributed by atoms with E-state index in [0.29, 0.717) is 6.42 Å². The van der Waals surface area contributed by atoms with Crippen molar-refractivity contribution >= 4 is 17.1 Å². The Morgan fingerprint density at radius 2 is 1.76 bits per heavy atom. The van der Waals surface area contributed by atoms with Gasteiger partial charge >= 0.3 is 7.25 Å². The summed E-state index contributed by atoms with van der Waals surface area (Å²) in [6, 6.07) is 4.89. The standard InChI is InChI=1S/C8H11NO2S.BF4/c1-2-7-12(10,11)8-5-3-4-6-9-8;2-1(3,4)5/h3-6H,2,7H2,1H3;/q;-1. The number of halogens is 4. The topological polar surface area (TPSA) is 47.0 Å². The Hall–Kier alpha value is -1.12. The lowest BCUT2D eigenvalue weighted by Gasteiger charge is -1.99. The predicted molar refractivity (Wildman–Crippen MR) is 56.8 cm³/mol. The van der Waals surface area contributed by atoms with Gasteiger partial charge in [0.15, 0.2) is 14.9 Å². The van der Waals surface area contributed by atoms with E-state index in [1.807, 2.05) is 6.92 Å². The molecule has 0 saturated heterocycles. The molecule has 17 heavy (non-hydrogen) atoms. The molecule has 0 fully saturated rings. The van der Waals surface area contributed by atoms with Gasteiger partial charge < -0.3 is 17.3 Å². The Kier molecular flexibility index (Phi) is 6.15. The van der Waals surface area contributed by atoms with Crippen LogP contribution in [0.5, 0.6) is 0 Å². The molecule has 0 aliphatic rings. The summed E-state index contributed by atoms with van der Waals surface area (Å²) in [6.07, 6.45) is 2.11. The van der Waals surface area contributed by atoms with Crippen molar-refractivity contribution < 1.29 is 25.7 Å². The molecule has 1 aromatic heterocycles. The SMILES string of the molecule is CCCS(=O)(=O)c1ccccn1.F[B-](F)(F)F. The molecule has 1 aromatic rings. The number of aromatic nitrogens is 1. The number of rotatable bonds is 3. The summed E-state index contributed by atoms with van der Waals surface area (Å²) >= 11 is 0. The molecule has 1 heterocycles. The maximum atomic E-state index is 11.4. The van der Waals surface area contributed by atoms with Crippen LogP contribution >= 0.6 is 0 Å². The van der Waals surface area contributed by atoms with Crippen molar-refractivity contribution in [1.82, 2.24) is 4.98 Å². The Labute approximate surface area is 96.9 Å². The Bertz CT molecular complexity index is 415. The first-order chi connectivity index (χ1) is 7.67. The molecule has 0 spiro atoms. The van der Waals surface area contributed by atoms with E-state index in [-0.39, 0.29) is 10.8 Å². The molecular weight excluding hydrogens is 261 g/mol. The second-order valence-corrected chi connectivity index (χ2v) is 5.04. The summed E-state index contributed by atoms with van der Waals surface area (Å²) in [5, 5.41) is 0.173. The smallest absolute Gasteiger partial charge is 0.418 e. The van der Waals surface area contributed by atoms with Crippen LogP contribution in [0.2, 0.25) is 0 Å². The zero-order chi connectivity index (χ0) is 13.5. The van der Waals surface area contributed by atoms with Crippen molar-refractivity contribution in [1.29, 1.82) is 0 Å². The van der Waals surface area contributed by atoms with Gasteiger partial charge in [0.1, 0.15) is 0 Å². The summed E-state index contributed by atoms with van der Waals surface area (Å²) in [7, 11) is -9.12. The van der Waals surface area contributed by atoms with E-state index in [0.717, 1.165) is 0 Å². The zero-order valence-corrected chi connectivity index (χ0v) is 9.80. The van der Waals surface area contributed by atoms with Crippen LogP contribution in [0, 0.1) is 0 Å². The third kappa shape index (κ3) is 8.67. The first-order valence-corrected chi connectivity index (χ1v) is 6.33. The first kappa shape index (κ1) is 15.9. The quantitative estimate of drug-likeness (QED) is 0.627. The van der Waals surface area contributed by atoms with E-state index < -0.39 is 17.1 Å². The normalized spacial score (nSPS) is 11.6. The van der Waals surface area contributed by atoms with E-state index in [1.165, 1.54) is 12.3 Å². The highest BCUT2D eigenvalue weighted by Crippen LogP contribution is 2.07. The van der Waals surface area contributed by atoms with Crippen LogP contribution in [0.15, 0.2) is 29.4 Å². The minimum atomic E-state index is -6.00. The van der Waals surface area contributed by atoms with Crippen molar-refractivity contribution in [2.45, 2.75) is 18.4 Å². The van der Waals surface area contributed by atoms with Crippen molar-refractivity contribution in [3.05, 3.63) is 24.4 Å². The monoisotopic (exact) mass is 272 g/mol. The Morgan fingerprint density at radius 3 is 2.12 bits per heavy atom. The summed E-state index contributed by atoms with van der Waals surface area (Å²) in [6.45, 7) is 1.83. The Morgan fingerprint density at radius 1 is 1.24 bits per heavy atom. The minimum absolute atomic E-state index is 0.171. The lowest BCUT2D eigenvalue weighted by atomic mass is 10.3. The lowest BCUT2D eigenvalue weighted by Crippen LogP contribution is -2.07. The minimum Gasteiger partial charge on any atom is -0.418 e. The van der Waals surface area contributed by atoms with Gasteiger partial charge in [-0.05, 0) is 18.6 Å². The molecule has 0 atom stereocenters. The fourth-order valence-corrected chi connectivity index (χ4v) is 2.16. The van der Waals surface area contributed by atoms with Crippen molar-refractivity contribution in [3.63, 3.8) is 0 Å². The van der Waals surface area contributed by atoms with Crippen LogP contribution in [-0.4, -0.2) is 26.4 Å². The molecule has 0 amide bonds. The third-order valence-electron chi connectivity index (χ3n) is 1.43. The van der Waals surface area contributed by atoms with Gasteiger partial charge in [-0.1, -0.05) is 13.0 Å². The summed E-state index contributed by atoms with van der Waals surface area (Å²) < 4.78 is 61.7. The molecule has 9 heteroatoms. The van der Waals surface area contributed by atoms with Gasteiger partial charge in [0, 0.05) is 6.20 Å². The maximum Gasteiger partial charge on any atom is 0.673 e. The van der Waals surface area contributed by atoms with Gasteiger partial charge in [-0.2, -0.15) is 0 Å². The van der Waals surface area contributed by atoms with Gasteiger partial charge in [0.2, 0.25) is 0 Å². The molecule has 0 aliphatic carbocycles. The van der Waals surface area contributed by atoms with Gasteiger partial charge in [-0.3, -0.25) is 0 Å². The molecule has 0 aromatic carbocycles. The number of sulfone groups is 1. The molecule has 0 saturated carbocycles.